The third-order valence-corrected chi connectivity index (χ3v) is 4.13. The average Bonchev–Trinajstić information content (AvgIpc) is 2.73. The van der Waals surface area contributed by atoms with Crippen LogP contribution in [0.4, 0.5) is 0 Å². The molecular formula is C17H27NO. The fourth-order valence-electron chi connectivity index (χ4n) is 2.75. The maximum Gasteiger partial charge on any atom is 0.0663 e. The summed E-state index contributed by atoms with van der Waals surface area (Å²) in [5, 5.41) is 0. The van der Waals surface area contributed by atoms with Gasteiger partial charge >= 0.3 is 0 Å². The Morgan fingerprint density at radius 2 is 1.74 bits per heavy atom. The van der Waals surface area contributed by atoms with Crippen LogP contribution in [0.25, 0.3) is 0 Å². The first-order valence-corrected chi connectivity index (χ1v) is 7.75. The first kappa shape index (κ1) is 14.5. The van der Waals surface area contributed by atoms with E-state index >= 15 is 0 Å². The molecule has 0 saturated heterocycles. The van der Waals surface area contributed by atoms with E-state index in [2.05, 4.69) is 31.2 Å². The van der Waals surface area contributed by atoms with Gasteiger partial charge in [0.25, 0.3) is 0 Å². The second kappa shape index (κ2) is 7.66. The summed E-state index contributed by atoms with van der Waals surface area (Å²) in [7, 11) is 0. The molecule has 1 atom stereocenters. The van der Waals surface area contributed by atoms with Crippen LogP contribution >= 0.6 is 0 Å². The molecule has 0 aromatic heterocycles. The van der Waals surface area contributed by atoms with Crippen LogP contribution in [0.1, 0.15) is 62.6 Å². The van der Waals surface area contributed by atoms with E-state index in [-0.39, 0.29) is 6.04 Å². The van der Waals surface area contributed by atoms with E-state index in [1.807, 2.05) is 0 Å². The summed E-state index contributed by atoms with van der Waals surface area (Å²) < 4.78 is 6.01. The van der Waals surface area contributed by atoms with E-state index in [1.54, 1.807) is 0 Å². The Bertz CT molecular complexity index is 352. The molecular weight excluding hydrogens is 234 g/mol. The zero-order chi connectivity index (χ0) is 13.5. The van der Waals surface area contributed by atoms with Gasteiger partial charge in [0.2, 0.25) is 0 Å². The molecule has 0 heterocycles. The summed E-state index contributed by atoms with van der Waals surface area (Å²) in [5.41, 5.74) is 8.77. The molecule has 1 unspecified atom stereocenters. The minimum atomic E-state index is 0.00848. The highest BCUT2D eigenvalue weighted by Gasteiger charge is 2.14. The van der Waals surface area contributed by atoms with Crippen LogP contribution < -0.4 is 5.73 Å². The number of ether oxygens (including phenoxy) is 1. The first-order chi connectivity index (χ1) is 9.29. The lowest BCUT2D eigenvalue weighted by atomic mass is 10.0. The van der Waals surface area contributed by atoms with Crippen LogP contribution in [0.3, 0.4) is 0 Å². The first-order valence-electron chi connectivity index (χ1n) is 7.75. The maximum atomic E-state index is 6.22. The van der Waals surface area contributed by atoms with Crippen LogP contribution in [0.5, 0.6) is 0 Å². The molecule has 1 aromatic rings. The van der Waals surface area contributed by atoms with Gasteiger partial charge in [0.1, 0.15) is 0 Å². The van der Waals surface area contributed by atoms with Gasteiger partial charge in [0.05, 0.1) is 18.8 Å². The van der Waals surface area contributed by atoms with E-state index in [0.29, 0.717) is 12.7 Å². The summed E-state index contributed by atoms with van der Waals surface area (Å²) in [6, 6.07) is 8.62. The van der Waals surface area contributed by atoms with Crippen molar-refractivity contribution in [2.75, 3.05) is 6.61 Å². The molecule has 2 N–H and O–H groups in total. The van der Waals surface area contributed by atoms with Gasteiger partial charge in [-0.05, 0) is 30.4 Å². The maximum absolute atomic E-state index is 6.22. The lowest BCUT2D eigenvalue weighted by Crippen LogP contribution is -2.22. The Morgan fingerprint density at radius 3 is 2.32 bits per heavy atom. The van der Waals surface area contributed by atoms with Crippen molar-refractivity contribution in [3.63, 3.8) is 0 Å². The Labute approximate surface area is 117 Å². The highest BCUT2D eigenvalue weighted by molar-refractivity contribution is 5.24. The van der Waals surface area contributed by atoms with Crippen LogP contribution in [-0.2, 0) is 11.2 Å². The molecule has 0 spiro atoms. The Hall–Kier alpha value is -0.860. The van der Waals surface area contributed by atoms with Crippen molar-refractivity contribution in [2.24, 2.45) is 5.73 Å². The van der Waals surface area contributed by atoms with Crippen molar-refractivity contribution in [1.29, 1.82) is 0 Å². The van der Waals surface area contributed by atoms with Crippen molar-refractivity contribution < 1.29 is 4.74 Å². The molecule has 2 heteroatoms. The smallest absolute Gasteiger partial charge is 0.0663 e. The molecule has 106 valence electrons. The minimum absolute atomic E-state index is 0.00848. The Balaban J connectivity index is 1.80. The van der Waals surface area contributed by atoms with E-state index in [0.717, 1.165) is 6.42 Å². The van der Waals surface area contributed by atoms with Gasteiger partial charge in [0, 0.05) is 0 Å². The summed E-state index contributed by atoms with van der Waals surface area (Å²) >= 11 is 0. The molecule has 0 amide bonds. The fraction of sp³-hybridized carbons (Fsp3) is 0.647. The van der Waals surface area contributed by atoms with Crippen molar-refractivity contribution in [3.05, 3.63) is 35.4 Å². The van der Waals surface area contributed by atoms with Gasteiger partial charge in [-0.2, -0.15) is 0 Å². The summed E-state index contributed by atoms with van der Waals surface area (Å²) in [6.07, 6.45) is 9.28. The molecule has 0 bridgehead atoms. The third kappa shape index (κ3) is 4.63. The summed E-state index contributed by atoms with van der Waals surface area (Å²) in [4.78, 5) is 0. The van der Waals surface area contributed by atoms with E-state index < -0.39 is 0 Å². The van der Waals surface area contributed by atoms with Gasteiger partial charge in [-0.1, -0.05) is 56.9 Å². The lowest BCUT2D eigenvalue weighted by molar-refractivity contribution is 0.0345. The highest BCUT2D eigenvalue weighted by atomic mass is 16.5. The third-order valence-electron chi connectivity index (χ3n) is 4.13. The summed E-state index contributed by atoms with van der Waals surface area (Å²) in [5.74, 6) is 0. The van der Waals surface area contributed by atoms with Gasteiger partial charge in [0.15, 0.2) is 0 Å². The largest absolute Gasteiger partial charge is 0.376 e. The van der Waals surface area contributed by atoms with Gasteiger partial charge < -0.3 is 10.5 Å². The molecule has 1 saturated carbocycles. The molecule has 1 aliphatic rings. The number of aryl methyl sites for hydroxylation is 1. The van der Waals surface area contributed by atoms with Crippen LogP contribution in [-0.4, -0.2) is 12.7 Å². The molecule has 2 nitrogen and oxygen atoms in total. The van der Waals surface area contributed by atoms with Crippen LogP contribution in [0.2, 0.25) is 0 Å². The van der Waals surface area contributed by atoms with Gasteiger partial charge in [-0.3, -0.25) is 0 Å². The SMILES string of the molecule is CCc1ccc(C(N)COC2CCCCCC2)cc1. The highest BCUT2D eigenvalue weighted by Crippen LogP contribution is 2.21. The standard InChI is InChI=1S/C17H27NO/c1-2-14-9-11-15(12-10-14)17(18)13-19-16-7-5-3-4-6-8-16/h9-12,16-17H,2-8,13,18H2,1H3. The van der Waals surface area contributed by atoms with Crippen LogP contribution in [0.15, 0.2) is 24.3 Å². The topological polar surface area (TPSA) is 35.2 Å². The van der Waals surface area contributed by atoms with E-state index in [4.69, 9.17) is 10.5 Å². The zero-order valence-electron chi connectivity index (χ0n) is 12.1. The molecule has 19 heavy (non-hydrogen) atoms. The zero-order valence-corrected chi connectivity index (χ0v) is 12.1. The van der Waals surface area contributed by atoms with E-state index in [9.17, 15) is 0 Å². The number of rotatable bonds is 5. The van der Waals surface area contributed by atoms with E-state index in [1.165, 1.54) is 49.7 Å². The normalized spacial score (nSPS) is 19.1. The minimum Gasteiger partial charge on any atom is -0.376 e. The Kier molecular flexibility index (Phi) is 5.87. The van der Waals surface area contributed by atoms with Crippen molar-refractivity contribution in [1.82, 2.24) is 0 Å². The lowest BCUT2D eigenvalue weighted by Gasteiger charge is -2.19. The number of hydrogen-bond donors (Lipinski definition) is 1. The van der Waals surface area contributed by atoms with Crippen molar-refractivity contribution >= 4 is 0 Å². The molecule has 1 aromatic carbocycles. The predicted octanol–water partition coefficient (Wildman–Crippen LogP) is 3.99. The fourth-order valence-corrected chi connectivity index (χ4v) is 2.75. The van der Waals surface area contributed by atoms with Gasteiger partial charge in [-0.15, -0.1) is 0 Å². The summed E-state index contributed by atoms with van der Waals surface area (Å²) in [6.45, 7) is 2.82. The van der Waals surface area contributed by atoms with Gasteiger partial charge in [-0.25, -0.2) is 0 Å². The molecule has 0 radical (unpaired) electrons. The second-order valence-corrected chi connectivity index (χ2v) is 5.65. The molecule has 1 fully saturated rings. The number of hydrogen-bond acceptors (Lipinski definition) is 2. The second-order valence-electron chi connectivity index (χ2n) is 5.65. The average molecular weight is 261 g/mol. The number of benzene rings is 1. The number of nitrogens with two attached hydrogens (primary N) is 1. The quantitative estimate of drug-likeness (QED) is 0.813. The molecule has 1 aliphatic carbocycles. The van der Waals surface area contributed by atoms with Crippen molar-refractivity contribution in [3.8, 4) is 0 Å². The van der Waals surface area contributed by atoms with Crippen LogP contribution in [0, 0.1) is 0 Å². The predicted molar refractivity (Wildman–Crippen MR) is 80.2 cm³/mol. The molecule has 2 rings (SSSR count). The monoisotopic (exact) mass is 261 g/mol. The molecule has 0 aliphatic heterocycles. The Morgan fingerprint density at radius 1 is 1.11 bits per heavy atom. The van der Waals surface area contributed by atoms with Crippen molar-refractivity contribution in [2.45, 2.75) is 64.0 Å².